The lowest BCUT2D eigenvalue weighted by atomic mass is 10.2. The van der Waals surface area contributed by atoms with Gasteiger partial charge in [-0.05, 0) is 39.8 Å². The van der Waals surface area contributed by atoms with Gasteiger partial charge in [-0.3, -0.25) is 15.0 Å². The Bertz CT molecular complexity index is 527. The van der Waals surface area contributed by atoms with Gasteiger partial charge in [0.1, 0.15) is 24.0 Å². The molecule has 0 amide bonds. The Hall–Kier alpha value is -2.13. The molecule has 0 radical (unpaired) electrons. The fourth-order valence-corrected chi connectivity index (χ4v) is 2.23. The van der Waals surface area contributed by atoms with Gasteiger partial charge in [-0.1, -0.05) is 0 Å². The minimum atomic E-state index is -0.569. The molecule has 0 aromatic heterocycles. The fourth-order valence-electron chi connectivity index (χ4n) is 2.23. The van der Waals surface area contributed by atoms with Crippen molar-refractivity contribution in [1.29, 1.82) is 5.26 Å². The van der Waals surface area contributed by atoms with E-state index in [-0.39, 0.29) is 11.3 Å². The van der Waals surface area contributed by atoms with Crippen molar-refractivity contribution in [3.8, 4) is 11.8 Å². The minimum Gasteiger partial charge on any atom is -0.492 e. The quantitative estimate of drug-likeness (QED) is 0.570. The van der Waals surface area contributed by atoms with Crippen LogP contribution in [0.15, 0.2) is 18.2 Å². The molecule has 0 spiro atoms. The van der Waals surface area contributed by atoms with E-state index in [0.717, 1.165) is 6.54 Å². The van der Waals surface area contributed by atoms with Crippen molar-refractivity contribution in [1.82, 2.24) is 4.90 Å². The summed E-state index contributed by atoms with van der Waals surface area (Å²) in [5, 5.41) is 19.7. The highest BCUT2D eigenvalue weighted by atomic mass is 16.6. The first kappa shape index (κ1) is 16.9. The topological polar surface area (TPSA) is 79.4 Å². The molecule has 1 rings (SSSR count). The summed E-state index contributed by atoms with van der Waals surface area (Å²) in [6, 6.07) is 6.91. The van der Waals surface area contributed by atoms with Crippen LogP contribution in [0.4, 0.5) is 5.69 Å². The Morgan fingerprint density at radius 1 is 1.33 bits per heavy atom. The van der Waals surface area contributed by atoms with Crippen LogP contribution >= 0.6 is 0 Å². The third-order valence-corrected chi connectivity index (χ3v) is 3.23. The third kappa shape index (κ3) is 4.72. The van der Waals surface area contributed by atoms with E-state index < -0.39 is 4.92 Å². The second-order valence-electron chi connectivity index (χ2n) is 5.32. The van der Waals surface area contributed by atoms with Gasteiger partial charge in [-0.15, -0.1) is 0 Å². The number of hydrogen-bond acceptors (Lipinski definition) is 5. The minimum absolute atomic E-state index is 0.0401. The SMILES string of the molecule is CC(C)N(CCOc1ccc(C#N)c([N+](=O)[O-])c1)C(C)C. The Kier molecular flexibility index (Phi) is 6.12. The maximum Gasteiger partial charge on any atom is 0.290 e. The monoisotopic (exact) mass is 291 g/mol. The molecule has 6 nitrogen and oxygen atoms in total. The van der Waals surface area contributed by atoms with Gasteiger partial charge in [0.05, 0.1) is 11.0 Å². The first-order valence-electron chi connectivity index (χ1n) is 6.94. The molecule has 0 aliphatic carbocycles. The van der Waals surface area contributed by atoms with Crippen molar-refractivity contribution in [2.24, 2.45) is 0 Å². The highest BCUT2D eigenvalue weighted by Crippen LogP contribution is 2.24. The number of ether oxygens (including phenoxy) is 1. The van der Waals surface area contributed by atoms with Crippen LogP contribution < -0.4 is 4.74 Å². The highest BCUT2D eigenvalue weighted by Gasteiger charge is 2.16. The molecule has 6 heteroatoms. The van der Waals surface area contributed by atoms with E-state index in [0.29, 0.717) is 24.4 Å². The predicted octanol–water partition coefficient (Wildman–Crippen LogP) is 2.96. The van der Waals surface area contributed by atoms with Crippen LogP contribution in [0.1, 0.15) is 33.3 Å². The number of hydrogen-bond donors (Lipinski definition) is 0. The van der Waals surface area contributed by atoms with Crippen LogP contribution in [0.3, 0.4) is 0 Å². The molecule has 0 unspecified atom stereocenters. The maximum absolute atomic E-state index is 10.9. The van der Waals surface area contributed by atoms with Gasteiger partial charge in [0.15, 0.2) is 0 Å². The molecule has 21 heavy (non-hydrogen) atoms. The van der Waals surface area contributed by atoms with Gasteiger partial charge in [-0.2, -0.15) is 5.26 Å². The number of nitro benzene ring substituents is 1. The number of rotatable bonds is 7. The standard InChI is InChI=1S/C15H21N3O3/c1-11(2)17(12(3)4)7-8-21-14-6-5-13(10-16)15(9-14)18(19)20/h5-6,9,11-12H,7-8H2,1-4H3. The van der Waals surface area contributed by atoms with Gasteiger partial charge in [0, 0.05) is 18.6 Å². The first-order chi connectivity index (χ1) is 9.86. The van der Waals surface area contributed by atoms with Gasteiger partial charge in [0.2, 0.25) is 0 Å². The number of nitro groups is 1. The predicted molar refractivity (Wildman–Crippen MR) is 80.3 cm³/mol. The van der Waals surface area contributed by atoms with Crippen LogP contribution in [0.25, 0.3) is 0 Å². The van der Waals surface area contributed by atoms with Crippen LogP contribution in [-0.4, -0.2) is 35.1 Å². The number of benzene rings is 1. The average Bonchev–Trinajstić information content (AvgIpc) is 2.42. The molecular formula is C15H21N3O3. The zero-order chi connectivity index (χ0) is 16.0. The van der Waals surface area contributed by atoms with Crippen molar-refractivity contribution < 1.29 is 9.66 Å². The van der Waals surface area contributed by atoms with E-state index in [2.05, 4.69) is 32.6 Å². The first-order valence-corrected chi connectivity index (χ1v) is 6.94. The summed E-state index contributed by atoms with van der Waals surface area (Å²) in [6.45, 7) is 9.65. The summed E-state index contributed by atoms with van der Waals surface area (Å²) in [5.41, 5.74) is -0.182. The molecule has 0 bridgehead atoms. The Morgan fingerprint density at radius 2 is 1.95 bits per heavy atom. The van der Waals surface area contributed by atoms with Crippen molar-refractivity contribution in [3.05, 3.63) is 33.9 Å². The summed E-state index contributed by atoms with van der Waals surface area (Å²) in [5.74, 6) is 0.410. The molecular weight excluding hydrogens is 270 g/mol. The lowest BCUT2D eigenvalue weighted by molar-refractivity contribution is -0.385. The van der Waals surface area contributed by atoms with Crippen LogP contribution in [0.2, 0.25) is 0 Å². The van der Waals surface area contributed by atoms with E-state index in [9.17, 15) is 10.1 Å². The molecule has 0 N–H and O–H groups in total. The van der Waals surface area contributed by atoms with Gasteiger partial charge in [-0.25, -0.2) is 0 Å². The molecule has 0 saturated carbocycles. The smallest absolute Gasteiger partial charge is 0.290 e. The van der Waals surface area contributed by atoms with Crippen LogP contribution in [-0.2, 0) is 0 Å². The van der Waals surface area contributed by atoms with E-state index in [1.807, 2.05) is 0 Å². The zero-order valence-corrected chi connectivity index (χ0v) is 12.9. The zero-order valence-electron chi connectivity index (χ0n) is 12.9. The number of nitriles is 1. The van der Waals surface area contributed by atoms with Crippen molar-refractivity contribution in [2.75, 3.05) is 13.2 Å². The van der Waals surface area contributed by atoms with E-state index in [1.54, 1.807) is 12.1 Å². The van der Waals surface area contributed by atoms with Crippen molar-refractivity contribution >= 4 is 5.69 Å². The Morgan fingerprint density at radius 3 is 2.43 bits per heavy atom. The normalized spacial score (nSPS) is 11.0. The third-order valence-electron chi connectivity index (χ3n) is 3.23. The molecule has 1 aromatic carbocycles. The van der Waals surface area contributed by atoms with Gasteiger partial charge in [0.25, 0.3) is 5.69 Å². The Labute approximate surface area is 125 Å². The van der Waals surface area contributed by atoms with Crippen molar-refractivity contribution in [3.63, 3.8) is 0 Å². The summed E-state index contributed by atoms with van der Waals surface area (Å²) in [7, 11) is 0. The van der Waals surface area contributed by atoms with Crippen LogP contribution in [0.5, 0.6) is 5.75 Å². The summed E-state index contributed by atoms with van der Waals surface area (Å²) >= 11 is 0. The van der Waals surface area contributed by atoms with Gasteiger partial charge >= 0.3 is 0 Å². The largest absolute Gasteiger partial charge is 0.492 e. The van der Waals surface area contributed by atoms with E-state index in [4.69, 9.17) is 10.00 Å². The summed E-state index contributed by atoms with van der Waals surface area (Å²) < 4.78 is 5.57. The van der Waals surface area contributed by atoms with E-state index in [1.165, 1.54) is 12.1 Å². The molecule has 114 valence electrons. The summed E-state index contributed by atoms with van der Waals surface area (Å²) in [4.78, 5) is 12.6. The maximum atomic E-state index is 10.9. The molecule has 0 saturated heterocycles. The molecule has 0 fully saturated rings. The number of nitrogens with zero attached hydrogens (tertiary/aromatic N) is 3. The Balaban J connectivity index is 2.70. The second-order valence-corrected chi connectivity index (χ2v) is 5.32. The van der Waals surface area contributed by atoms with Crippen LogP contribution in [0, 0.1) is 21.4 Å². The van der Waals surface area contributed by atoms with E-state index >= 15 is 0 Å². The molecule has 1 aromatic rings. The molecule has 0 aliphatic heterocycles. The highest BCUT2D eigenvalue weighted by molar-refractivity contribution is 5.52. The fraction of sp³-hybridized carbons (Fsp3) is 0.533. The van der Waals surface area contributed by atoms with Gasteiger partial charge < -0.3 is 4.74 Å². The lowest BCUT2D eigenvalue weighted by Gasteiger charge is -2.30. The van der Waals surface area contributed by atoms with Crippen molar-refractivity contribution in [2.45, 2.75) is 39.8 Å². The molecule has 0 aliphatic rings. The lowest BCUT2D eigenvalue weighted by Crippen LogP contribution is -2.39. The summed E-state index contributed by atoms with van der Waals surface area (Å²) in [6.07, 6.45) is 0. The average molecular weight is 291 g/mol. The second kappa shape index (κ2) is 7.60. The molecule has 0 heterocycles. The molecule has 0 atom stereocenters.